The lowest BCUT2D eigenvalue weighted by atomic mass is 10.2. The van der Waals surface area contributed by atoms with E-state index < -0.39 is 0 Å². The number of hydrogen-bond acceptors (Lipinski definition) is 2. The van der Waals surface area contributed by atoms with E-state index in [1.165, 1.54) is 0 Å². The lowest BCUT2D eigenvalue weighted by Crippen LogP contribution is -2.20. The zero-order chi connectivity index (χ0) is 12.8. The van der Waals surface area contributed by atoms with Crippen molar-refractivity contribution < 1.29 is 4.79 Å². The molecule has 0 aliphatic carbocycles. The van der Waals surface area contributed by atoms with Crippen LogP contribution in [0.5, 0.6) is 0 Å². The largest absolute Gasteiger partial charge is 0.339 e. The van der Waals surface area contributed by atoms with Crippen LogP contribution in [0.4, 0.5) is 5.69 Å². The molecule has 5 nitrogen and oxygen atoms in total. The maximum atomic E-state index is 11.9. The van der Waals surface area contributed by atoms with E-state index in [1.54, 1.807) is 0 Å². The molecule has 0 bridgehead atoms. The first-order valence-electron chi connectivity index (χ1n) is 6.79. The zero-order valence-electron chi connectivity index (χ0n) is 10.7. The number of guanidine groups is 1. The van der Waals surface area contributed by atoms with E-state index in [0.29, 0.717) is 0 Å². The number of nitrogens with zero attached hydrogens (tertiary/aromatic N) is 4. The van der Waals surface area contributed by atoms with Crippen molar-refractivity contribution in [2.24, 2.45) is 4.99 Å². The van der Waals surface area contributed by atoms with Gasteiger partial charge in [-0.3, -0.25) is 4.79 Å². The first-order valence-corrected chi connectivity index (χ1v) is 6.79. The summed E-state index contributed by atoms with van der Waals surface area (Å²) in [6, 6.07) is 7.62. The molecule has 0 radical (unpaired) electrons. The molecule has 3 saturated heterocycles. The van der Waals surface area contributed by atoms with Crippen LogP contribution in [0.15, 0.2) is 29.3 Å². The number of aliphatic imine (C=N–C) groups is 1. The SMILES string of the molecule is O=C(c1ccc(N=C(N2CC2)N2CC2)cc1)N1CC1. The third-order valence-corrected chi connectivity index (χ3v) is 3.54. The monoisotopic (exact) mass is 256 g/mol. The molecule has 3 aliphatic heterocycles. The number of carbonyl (C=O) groups excluding carboxylic acids is 1. The Morgan fingerprint density at radius 2 is 1.37 bits per heavy atom. The minimum absolute atomic E-state index is 0.132. The van der Waals surface area contributed by atoms with Crippen LogP contribution in [0, 0.1) is 0 Å². The van der Waals surface area contributed by atoms with Crippen molar-refractivity contribution in [2.45, 2.75) is 0 Å². The Morgan fingerprint density at radius 3 is 1.84 bits per heavy atom. The maximum absolute atomic E-state index is 11.9. The first kappa shape index (κ1) is 10.8. The van der Waals surface area contributed by atoms with Crippen molar-refractivity contribution in [3.63, 3.8) is 0 Å². The molecule has 1 aromatic rings. The molecule has 3 heterocycles. The van der Waals surface area contributed by atoms with E-state index in [2.05, 4.69) is 14.8 Å². The summed E-state index contributed by atoms with van der Waals surface area (Å²) < 4.78 is 0. The molecule has 0 atom stereocenters. The van der Waals surface area contributed by atoms with Crippen molar-refractivity contribution in [3.05, 3.63) is 29.8 Å². The third-order valence-electron chi connectivity index (χ3n) is 3.54. The summed E-state index contributed by atoms with van der Waals surface area (Å²) in [4.78, 5) is 22.9. The van der Waals surface area contributed by atoms with Crippen molar-refractivity contribution >= 4 is 17.6 Å². The van der Waals surface area contributed by atoms with Gasteiger partial charge in [-0.2, -0.15) is 0 Å². The summed E-state index contributed by atoms with van der Waals surface area (Å²) >= 11 is 0. The Bertz CT molecular complexity index is 525. The van der Waals surface area contributed by atoms with E-state index in [0.717, 1.165) is 56.5 Å². The van der Waals surface area contributed by atoms with Gasteiger partial charge in [0.2, 0.25) is 5.96 Å². The highest BCUT2D eigenvalue weighted by atomic mass is 16.2. The van der Waals surface area contributed by atoms with Crippen molar-refractivity contribution in [1.82, 2.24) is 14.7 Å². The van der Waals surface area contributed by atoms with E-state index >= 15 is 0 Å². The topological polar surface area (TPSA) is 38.5 Å². The molecule has 4 rings (SSSR count). The summed E-state index contributed by atoms with van der Waals surface area (Å²) in [5, 5.41) is 0. The summed E-state index contributed by atoms with van der Waals surface area (Å²) in [5.41, 5.74) is 1.69. The van der Waals surface area contributed by atoms with Gasteiger partial charge >= 0.3 is 0 Å². The number of rotatable bonds is 2. The predicted molar refractivity (Wildman–Crippen MR) is 72.6 cm³/mol. The average Bonchev–Trinajstić information content (AvgIpc) is 3.33. The van der Waals surface area contributed by atoms with E-state index in [-0.39, 0.29) is 5.91 Å². The molecule has 3 fully saturated rings. The van der Waals surface area contributed by atoms with Crippen LogP contribution in [-0.2, 0) is 0 Å². The Labute approximate surface area is 112 Å². The average molecular weight is 256 g/mol. The van der Waals surface area contributed by atoms with Gasteiger partial charge in [-0.15, -0.1) is 0 Å². The van der Waals surface area contributed by atoms with Crippen LogP contribution in [0.2, 0.25) is 0 Å². The smallest absolute Gasteiger partial charge is 0.253 e. The number of hydrogen-bond donors (Lipinski definition) is 0. The second-order valence-corrected chi connectivity index (χ2v) is 5.22. The van der Waals surface area contributed by atoms with Gasteiger partial charge in [-0.25, -0.2) is 4.99 Å². The Balaban J connectivity index is 1.54. The molecular weight excluding hydrogens is 240 g/mol. The number of benzene rings is 1. The molecule has 0 saturated carbocycles. The third kappa shape index (κ3) is 2.28. The quantitative estimate of drug-likeness (QED) is 0.445. The molecule has 1 aromatic carbocycles. The van der Waals surface area contributed by atoms with E-state index in [1.807, 2.05) is 29.2 Å². The van der Waals surface area contributed by atoms with Crippen molar-refractivity contribution in [3.8, 4) is 0 Å². The molecule has 0 spiro atoms. The standard InChI is InChI=1S/C14H16N4O/c19-13(16-5-6-16)11-1-3-12(4-2-11)15-14(17-7-8-17)18-9-10-18/h1-4H,5-10H2. The van der Waals surface area contributed by atoms with Gasteiger partial charge in [0.25, 0.3) is 5.91 Å². The molecule has 0 N–H and O–H groups in total. The highest BCUT2D eigenvalue weighted by Crippen LogP contribution is 2.22. The normalized spacial score (nSPS) is 19.3. The second-order valence-electron chi connectivity index (χ2n) is 5.22. The van der Waals surface area contributed by atoms with Crippen LogP contribution < -0.4 is 0 Å². The van der Waals surface area contributed by atoms with Crippen molar-refractivity contribution in [2.75, 3.05) is 39.3 Å². The van der Waals surface area contributed by atoms with Gasteiger partial charge in [0, 0.05) is 44.8 Å². The molecular formula is C14H16N4O. The first-order chi connectivity index (χ1) is 9.31. The molecule has 19 heavy (non-hydrogen) atoms. The van der Waals surface area contributed by atoms with Crippen LogP contribution >= 0.6 is 0 Å². The predicted octanol–water partition coefficient (Wildman–Crippen LogP) is 0.761. The fourth-order valence-corrected chi connectivity index (χ4v) is 2.07. The van der Waals surface area contributed by atoms with Gasteiger partial charge in [0.15, 0.2) is 0 Å². The Kier molecular flexibility index (Phi) is 2.27. The lowest BCUT2D eigenvalue weighted by Gasteiger charge is -2.09. The van der Waals surface area contributed by atoms with Crippen LogP contribution in [0.3, 0.4) is 0 Å². The van der Waals surface area contributed by atoms with Crippen LogP contribution in [0.1, 0.15) is 10.4 Å². The molecule has 1 amide bonds. The zero-order valence-corrected chi connectivity index (χ0v) is 10.7. The molecule has 0 unspecified atom stereocenters. The molecule has 3 aliphatic rings. The molecule has 98 valence electrons. The number of amides is 1. The Morgan fingerprint density at radius 1 is 0.842 bits per heavy atom. The number of carbonyl (C=O) groups is 1. The lowest BCUT2D eigenvalue weighted by molar-refractivity contribution is 0.0885. The van der Waals surface area contributed by atoms with E-state index in [9.17, 15) is 4.79 Å². The summed E-state index contributed by atoms with van der Waals surface area (Å²) in [7, 11) is 0. The van der Waals surface area contributed by atoms with Gasteiger partial charge in [0.05, 0.1) is 5.69 Å². The highest BCUT2D eigenvalue weighted by molar-refractivity contribution is 5.96. The summed E-state index contributed by atoms with van der Waals surface area (Å²) in [5.74, 6) is 1.22. The second kappa shape index (κ2) is 3.98. The minimum Gasteiger partial charge on any atom is -0.339 e. The van der Waals surface area contributed by atoms with Crippen molar-refractivity contribution in [1.29, 1.82) is 0 Å². The summed E-state index contributed by atoms with van der Waals surface area (Å²) in [6.45, 7) is 6.24. The maximum Gasteiger partial charge on any atom is 0.253 e. The van der Waals surface area contributed by atoms with Crippen LogP contribution in [-0.4, -0.2) is 65.8 Å². The van der Waals surface area contributed by atoms with E-state index in [4.69, 9.17) is 0 Å². The fraction of sp³-hybridized carbons (Fsp3) is 0.429. The van der Waals surface area contributed by atoms with Crippen LogP contribution in [0.25, 0.3) is 0 Å². The minimum atomic E-state index is 0.132. The molecule has 0 aromatic heterocycles. The Hall–Kier alpha value is -2.04. The summed E-state index contributed by atoms with van der Waals surface area (Å²) in [6.07, 6.45) is 0. The highest BCUT2D eigenvalue weighted by Gasteiger charge is 2.32. The van der Waals surface area contributed by atoms with Gasteiger partial charge in [-0.1, -0.05) is 0 Å². The van der Waals surface area contributed by atoms with Gasteiger partial charge in [-0.05, 0) is 24.3 Å². The fourth-order valence-electron chi connectivity index (χ4n) is 2.07. The van der Waals surface area contributed by atoms with Gasteiger partial charge < -0.3 is 14.7 Å². The van der Waals surface area contributed by atoms with Gasteiger partial charge in [0.1, 0.15) is 0 Å². The molecule has 5 heteroatoms.